The number of aromatic nitrogens is 2. The first-order valence-electron chi connectivity index (χ1n) is 4.38. The summed E-state index contributed by atoms with van der Waals surface area (Å²) in [6.07, 6.45) is 0. The summed E-state index contributed by atoms with van der Waals surface area (Å²) in [5.74, 6) is 0.289. The van der Waals surface area contributed by atoms with E-state index in [1.54, 1.807) is 4.57 Å². The zero-order chi connectivity index (χ0) is 10.1. The molecule has 0 aliphatic rings. The van der Waals surface area contributed by atoms with Crippen molar-refractivity contribution in [3.8, 4) is 0 Å². The first kappa shape index (κ1) is 8.90. The fourth-order valence-electron chi connectivity index (χ4n) is 1.49. The van der Waals surface area contributed by atoms with Crippen LogP contribution in [0, 0.1) is 0 Å². The molecule has 0 bridgehead atoms. The number of carbonyl (C=O) groups is 1. The maximum atomic E-state index is 11.4. The molecule has 4 nitrogen and oxygen atoms in total. The summed E-state index contributed by atoms with van der Waals surface area (Å²) in [6.45, 7) is -0.00282. The third-order valence-electron chi connectivity index (χ3n) is 2.22. The maximum absolute atomic E-state index is 11.4. The molecule has 2 rings (SSSR count). The SMILES string of the molecule is Cn1c(C(=O)CN)nc2ccccc21. The highest BCUT2D eigenvalue weighted by atomic mass is 16.1. The Morgan fingerprint density at radius 1 is 1.50 bits per heavy atom. The molecule has 0 amide bonds. The zero-order valence-electron chi connectivity index (χ0n) is 7.90. The number of rotatable bonds is 2. The molecule has 72 valence electrons. The van der Waals surface area contributed by atoms with Crippen LogP contribution in [0.2, 0.25) is 0 Å². The van der Waals surface area contributed by atoms with Crippen LogP contribution in [0.15, 0.2) is 24.3 Å². The number of Topliss-reactive ketones (excluding diaryl/α,β-unsaturated/α-hetero) is 1. The smallest absolute Gasteiger partial charge is 0.211 e. The Kier molecular flexibility index (Phi) is 2.05. The van der Waals surface area contributed by atoms with Crippen molar-refractivity contribution in [2.24, 2.45) is 12.8 Å². The van der Waals surface area contributed by atoms with Crippen LogP contribution in [0.5, 0.6) is 0 Å². The van der Waals surface area contributed by atoms with Crippen LogP contribution in [0.1, 0.15) is 10.6 Å². The van der Waals surface area contributed by atoms with Gasteiger partial charge in [-0.25, -0.2) is 4.98 Å². The number of carbonyl (C=O) groups excluding carboxylic acids is 1. The van der Waals surface area contributed by atoms with Crippen LogP contribution < -0.4 is 5.73 Å². The number of imidazole rings is 1. The maximum Gasteiger partial charge on any atom is 0.211 e. The van der Waals surface area contributed by atoms with E-state index in [-0.39, 0.29) is 12.3 Å². The minimum Gasteiger partial charge on any atom is -0.325 e. The summed E-state index contributed by atoms with van der Waals surface area (Å²) in [5, 5.41) is 0. The predicted octanol–water partition coefficient (Wildman–Crippen LogP) is 0.715. The van der Waals surface area contributed by atoms with Crippen LogP contribution >= 0.6 is 0 Å². The number of aryl methyl sites for hydroxylation is 1. The fourth-order valence-corrected chi connectivity index (χ4v) is 1.49. The first-order chi connectivity index (χ1) is 6.74. The molecule has 14 heavy (non-hydrogen) atoms. The summed E-state index contributed by atoms with van der Waals surface area (Å²) in [6, 6.07) is 7.62. The van der Waals surface area contributed by atoms with E-state index in [9.17, 15) is 4.79 Å². The van der Waals surface area contributed by atoms with Crippen molar-refractivity contribution < 1.29 is 4.79 Å². The van der Waals surface area contributed by atoms with E-state index >= 15 is 0 Å². The number of fused-ring (bicyclic) bond motifs is 1. The van der Waals surface area contributed by atoms with Crippen molar-refractivity contribution in [1.29, 1.82) is 0 Å². The zero-order valence-corrected chi connectivity index (χ0v) is 7.90. The average Bonchev–Trinajstić information content (AvgIpc) is 2.56. The molecule has 4 heteroatoms. The van der Waals surface area contributed by atoms with E-state index in [4.69, 9.17) is 5.73 Å². The van der Waals surface area contributed by atoms with Gasteiger partial charge in [0.2, 0.25) is 5.78 Å². The van der Waals surface area contributed by atoms with E-state index < -0.39 is 0 Å². The van der Waals surface area contributed by atoms with Gasteiger partial charge in [0.1, 0.15) is 0 Å². The molecule has 0 fully saturated rings. The number of nitrogens with zero attached hydrogens (tertiary/aromatic N) is 2. The molecule has 2 N–H and O–H groups in total. The summed E-state index contributed by atoms with van der Waals surface area (Å²) < 4.78 is 1.77. The van der Waals surface area contributed by atoms with E-state index in [1.807, 2.05) is 31.3 Å². The van der Waals surface area contributed by atoms with Gasteiger partial charge in [-0.05, 0) is 12.1 Å². The second-order valence-electron chi connectivity index (χ2n) is 3.11. The Morgan fingerprint density at radius 3 is 2.86 bits per heavy atom. The number of para-hydroxylation sites is 2. The van der Waals surface area contributed by atoms with Gasteiger partial charge in [-0.1, -0.05) is 12.1 Å². The normalized spacial score (nSPS) is 10.7. The predicted molar refractivity (Wildman–Crippen MR) is 54.1 cm³/mol. The minimum atomic E-state index is -0.135. The van der Waals surface area contributed by atoms with Gasteiger partial charge in [-0.3, -0.25) is 4.79 Å². The number of nitrogens with two attached hydrogens (primary N) is 1. The molecule has 0 radical (unpaired) electrons. The summed E-state index contributed by atoms with van der Waals surface area (Å²) in [5.41, 5.74) is 7.07. The molecule has 0 saturated heterocycles. The Labute approximate surface area is 81.3 Å². The number of hydrogen-bond acceptors (Lipinski definition) is 3. The summed E-state index contributed by atoms with van der Waals surface area (Å²) in [7, 11) is 1.82. The van der Waals surface area contributed by atoms with E-state index in [0.717, 1.165) is 11.0 Å². The Bertz CT molecular complexity index is 487. The van der Waals surface area contributed by atoms with Gasteiger partial charge in [-0.15, -0.1) is 0 Å². The second kappa shape index (κ2) is 3.23. The van der Waals surface area contributed by atoms with Crippen molar-refractivity contribution in [2.45, 2.75) is 0 Å². The van der Waals surface area contributed by atoms with Crippen molar-refractivity contribution in [3.05, 3.63) is 30.1 Å². The van der Waals surface area contributed by atoms with Gasteiger partial charge >= 0.3 is 0 Å². The lowest BCUT2D eigenvalue weighted by molar-refractivity contribution is 0.0989. The molecule has 0 aliphatic heterocycles. The van der Waals surface area contributed by atoms with Crippen LogP contribution in [-0.4, -0.2) is 21.9 Å². The van der Waals surface area contributed by atoms with Crippen molar-refractivity contribution in [3.63, 3.8) is 0 Å². The lowest BCUT2D eigenvalue weighted by atomic mass is 10.3. The molecule has 1 heterocycles. The largest absolute Gasteiger partial charge is 0.325 e. The minimum absolute atomic E-state index is 0.00282. The monoisotopic (exact) mass is 189 g/mol. The summed E-state index contributed by atoms with van der Waals surface area (Å²) in [4.78, 5) is 15.6. The highest BCUT2D eigenvalue weighted by molar-refractivity contribution is 5.97. The Hall–Kier alpha value is -1.68. The van der Waals surface area contributed by atoms with E-state index in [1.165, 1.54) is 0 Å². The molecule has 0 saturated carbocycles. The Morgan fingerprint density at radius 2 is 2.21 bits per heavy atom. The summed E-state index contributed by atoms with van der Waals surface area (Å²) >= 11 is 0. The molecule has 2 aromatic rings. The molecule has 0 atom stereocenters. The molecule has 1 aromatic carbocycles. The van der Waals surface area contributed by atoms with Gasteiger partial charge < -0.3 is 10.3 Å². The van der Waals surface area contributed by atoms with Crippen LogP contribution in [0.25, 0.3) is 11.0 Å². The lowest BCUT2D eigenvalue weighted by Gasteiger charge is -1.98. The molecule has 0 unspecified atom stereocenters. The number of ketones is 1. The fraction of sp³-hybridized carbons (Fsp3) is 0.200. The third-order valence-corrected chi connectivity index (χ3v) is 2.22. The second-order valence-corrected chi connectivity index (χ2v) is 3.11. The van der Waals surface area contributed by atoms with Gasteiger partial charge in [-0.2, -0.15) is 0 Å². The lowest BCUT2D eigenvalue weighted by Crippen LogP contribution is -2.17. The molecule has 0 spiro atoms. The van der Waals surface area contributed by atoms with Crippen molar-refractivity contribution in [2.75, 3.05) is 6.54 Å². The standard InChI is InChI=1S/C10H11N3O/c1-13-8-5-3-2-4-7(8)12-10(13)9(14)6-11/h2-5H,6,11H2,1H3. The highest BCUT2D eigenvalue weighted by Gasteiger charge is 2.12. The Balaban J connectivity index is 2.68. The highest BCUT2D eigenvalue weighted by Crippen LogP contribution is 2.13. The quantitative estimate of drug-likeness (QED) is 0.708. The van der Waals surface area contributed by atoms with E-state index in [2.05, 4.69) is 4.98 Å². The van der Waals surface area contributed by atoms with Gasteiger partial charge in [0.25, 0.3) is 0 Å². The number of benzene rings is 1. The first-order valence-corrected chi connectivity index (χ1v) is 4.38. The average molecular weight is 189 g/mol. The van der Waals surface area contributed by atoms with Crippen LogP contribution in [-0.2, 0) is 7.05 Å². The molecule has 0 aliphatic carbocycles. The van der Waals surface area contributed by atoms with Crippen molar-refractivity contribution >= 4 is 16.8 Å². The molecular formula is C10H11N3O. The van der Waals surface area contributed by atoms with E-state index in [0.29, 0.717) is 5.82 Å². The van der Waals surface area contributed by atoms with Crippen molar-refractivity contribution in [1.82, 2.24) is 9.55 Å². The van der Waals surface area contributed by atoms with Gasteiger partial charge in [0.15, 0.2) is 5.82 Å². The number of hydrogen-bond donors (Lipinski definition) is 1. The topological polar surface area (TPSA) is 60.9 Å². The van der Waals surface area contributed by atoms with Gasteiger partial charge in [0.05, 0.1) is 17.6 Å². The van der Waals surface area contributed by atoms with Gasteiger partial charge in [0, 0.05) is 7.05 Å². The van der Waals surface area contributed by atoms with Crippen LogP contribution in [0.4, 0.5) is 0 Å². The molecular weight excluding hydrogens is 178 g/mol. The van der Waals surface area contributed by atoms with Crippen LogP contribution in [0.3, 0.4) is 0 Å². The molecule has 1 aromatic heterocycles. The third kappa shape index (κ3) is 1.20.